The van der Waals surface area contributed by atoms with Crippen LogP contribution in [0, 0.1) is 10.1 Å². The van der Waals surface area contributed by atoms with E-state index in [1.807, 2.05) is 0 Å². The van der Waals surface area contributed by atoms with Gasteiger partial charge in [-0.15, -0.1) is 0 Å². The van der Waals surface area contributed by atoms with Crippen molar-refractivity contribution in [2.75, 3.05) is 20.1 Å². The van der Waals surface area contributed by atoms with Crippen molar-refractivity contribution in [1.82, 2.24) is 9.88 Å². The van der Waals surface area contributed by atoms with Gasteiger partial charge in [0.05, 0.1) is 4.92 Å². The van der Waals surface area contributed by atoms with E-state index in [1.54, 1.807) is 6.07 Å². The van der Waals surface area contributed by atoms with Crippen LogP contribution in [0.4, 0.5) is 5.69 Å². The van der Waals surface area contributed by atoms with Crippen molar-refractivity contribution in [3.63, 3.8) is 0 Å². The number of aromatic nitrogens is 1. The van der Waals surface area contributed by atoms with Gasteiger partial charge in [-0.25, -0.2) is 4.98 Å². The lowest BCUT2D eigenvalue weighted by Crippen LogP contribution is -2.35. The molecular formula is C11H15N3O3. The highest BCUT2D eigenvalue weighted by atomic mass is 16.6. The molecule has 2 heterocycles. The molecule has 1 aromatic heterocycles. The fourth-order valence-corrected chi connectivity index (χ4v) is 1.82. The average Bonchev–Trinajstić information content (AvgIpc) is 2.33. The Morgan fingerprint density at radius 1 is 1.47 bits per heavy atom. The molecule has 1 saturated heterocycles. The lowest BCUT2D eigenvalue weighted by atomic mass is 10.1. The number of nitrogens with zero attached hydrogens (tertiary/aromatic N) is 3. The predicted molar refractivity (Wildman–Crippen MR) is 62.0 cm³/mol. The number of likely N-dealkylation sites (tertiary alicyclic amines) is 1. The Morgan fingerprint density at radius 3 is 2.71 bits per heavy atom. The second-order valence-corrected chi connectivity index (χ2v) is 4.23. The molecule has 0 spiro atoms. The Labute approximate surface area is 99.4 Å². The maximum atomic E-state index is 10.5. The third-order valence-electron chi connectivity index (χ3n) is 2.88. The number of hydrogen-bond acceptors (Lipinski definition) is 5. The van der Waals surface area contributed by atoms with Crippen LogP contribution in [-0.4, -0.2) is 41.0 Å². The second kappa shape index (κ2) is 5.09. The first-order chi connectivity index (χ1) is 8.15. The van der Waals surface area contributed by atoms with E-state index in [2.05, 4.69) is 16.9 Å². The molecule has 1 aliphatic rings. The maximum Gasteiger partial charge on any atom is 0.287 e. The van der Waals surface area contributed by atoms with Crippen molar-refractivity contribution >= 4 is 5.69 Å². The Bertz CT molecular complexity index is 385. The van der Waals surface area contributed by atoms with Gasteiger partial charge in [-0.2, -0.15) is 0 Å². The van der Waals surface area contributed by atoms with E-state index in [0.717, 1.165) is 25.9 Å². The first kappa shape index (κ1) is 11.8. The zero-order valence-electron chi connectivity index (χ0n) is 9.70. The van der Waals surface area contributed by atoms with Crippen molar-refractivity contribution in [2.45, 2.75) is 18.9 Å². The summed E-state index contributed by atoms with van der Waals surface area (Å²) in [7, 11) is 2.08. The zero-order chi connectivity index (χ0) is 12.3. The van der Waals surface area contributed by atoms with Crippen molar-refractivity contribution in [3.05, 3.63) is 28.4 Å². The molecule has 1 aromatic rings. The predicted octanol–water partition coefficient (Wildman–Crippen LogP) is 1.46. The summed E-state index contributed by atoms with van der Waals surface area (Å²) in [4.78, 5) is 16.2. The van der Waals surface area contributed by atoms with E-state index in [9.17, 15) is 10.1 Å². The highest BCUT2D eigenvalue weighted by molar-refractivity contribution is 5.28. The van der Waals surface area contributed by atoms with Gasteiger partial charge >= 0.3 is 0 Å². The first-order valence-electron chi connectivity index (χ1n) is 5.61. The number of hydrogen-bond donors (Lipinski definition) is 0. The molecule has 1 aliphatic heterocycles. The number of pyridine rings is 1. The summed E-state index contributed by atoms with van der Waals surface area (Å²) in [6.07, 6.45) is 3.33. The molecule has 92 valence electrons. The zero-order valence-corrected chi connectivity index (χ0v) is 9.70. The smallest absolute Gasteiger partial charge is 0.287 e. The van der Waals surface area contributed by atoms with Crippen LogP contribution < -0.4 is 4.74 Å². The summed E-state index contributed by atoms with van der Waals surface area (Å²) in [5.74, 6) is 0.463. The molecule has 0 radical (unpaired) electrons. The van der Waals surface area contributed by atoms with Crippen LogP contribution in [-0.2, 0) is 0 Å². The van der Waals surface area contributed by atoms with Gasteiger partial charge in [-0.1, -0.05) is 0 Å². The van der Waals surface area contributed by atoms with Gasteiger partial charge in [0.1, 0.15) is 12.3 Å². The molecule has 0 saturated carbocycles. The fraction of sp³-hybridized carbons (Fsp3) is 0.545. The fourth-order valence-electron chi connectivity index (χ4n) is 1.82. The molecule has 17 heavy (non-hydrogen) atoms. The van der Waals surface area contributed by atoms with Gasteiger partial charge in [0.25, 0.3) is 5.69 Å². The molecule has 0 atom stereocenters. The van der Waals surface area contributed by atoms with Crippen LogP contribution in [0.5, 0.6) is 5.88 Å². The summed E-state index contributed by atoms with van der Waals surface area (Å²) < 4.78 is 5.68. The molecule has 0 bridgehead atoms. The third-order valence-corrected chi connectivity index (χ3v) is 2.88. The molecule has 0 N–H and O–H groups in total. The van der Waals surface area contributed by atoms with Crippen LogP contribution in [0.1, 0.15) is 12.8 Å². The molecule has 0 unspecified atom stereocenters. The number of piperidine rings is 1. The summed E-state index contributed by atoms with van der Waals surface area (Å²) in [5, 5.41) is 10.5. The highest BCUT2D eigenvalue weighted by Crippen LogP contribution is 2.18. The minimum Gasteiger partial charge on any atom is -0.474 e. The monoisotopic (exact) mass is 237 g/mol. The van der Waals surface area contributed by atoms with Crippen molar-refractivity contribution in [2.24, 2.45) is 0 Å². The van der Waals surface area contributed by atoms with Crippen LogP contribution >= 0.6 is 0 Å². The van der Waals surface area contributed by atoms with E-state index in [0.29, 0.717) is 5.88 Å². The van der Waals surface area contributed by atoms with Crippen molar-refractivity contribution < 1.29 is 9.66 Å². The Hall–Kier alpha value is -1.69. The normalized spacial score (nSPS) is 17.9. The van der Waals surface area contributed by atoms with E-state index >= 15 is 0 Å². The number of ether oxygens (including phenoxy) is 1. The van der Waals surface area contributed by atoms with Gasteiger partial charge in [-0.05, 0) is 19.9 Å². The molecule has 0 aliphatic carbocycles. The summed E-state index contributed by atoms with van der Waals surface area (Å²) in [5.41, 5.74) is -0.0132. The Morgan fingerprint density at radius 2 is 2.18 bits per heavy atom. The molecule has 0 amide bonds. The quantitative estimate of drug-likeness (QED) is 0.588. The summed E-state index contributed by atoms with van der Waals surface area (Å²) in [6.45, 7) is 2.02. The Kier molecular flexibility index (Phi) is 3.53. The summed E-state index contributed by atoms with van der Waals surface area (Å²) >= 11 is 0. The van der Waals surface area contributed by atoms with Crippen LogP contribution in [0.25, 0.3) is 0 Å². The van der Waals surface area contributed by atoms with Gasteiger partial charge in [-0.3, -0.25) is 10.1 Å². The van der Waals surface area contributed by atoms with Crippen LogP contribution in [0.3, 0.4) is 0 Å². The van der Waals surface area contributed by atoms with Gasteiger partial charge < -0.3 is 9.64 Å². The van der Waals surface area contributed by atoms with E-state index in [1.165, 1.54) is 12.3 Å². The Balaban J connectivity index is 1.92. The SMILES string of the molecule is CN1CCC(Oc2ccc([N+](=O)[O-])cn2)CC1. The van der Waals surface area contributed by atoms with Gasteiger partial charge in [0.15, 0.2) is 0 Å². The lowest BCUT2D eigenvalue weighted by Gasteiger charge is -2.28. The van der Waals surface area contributed by atoms with Gasteiger partial charge in [0.2, 0.25) is 5.88 Å². The minimum absolute atomic E-state index is 0.0132. The maximum absolute atomic E-state index is 10.5. The van der Waals surface area contributed by atoms with E-state index < -0.39 is 4.92 Å². The molecule has 1 fully saturated rings. The first-order valence-corrected chi connectivity index (χ1v) is 5.61. The van der Waals surface area contributed by atoms with Crippen LogP contribution in [0.15, 0.2) is 18.3 Å². The molecular weight excluding hydrogens is 222 g/mol. The number of nitro groups is 1. The van der Waals surface area contributed by atoms with Crippen LogP contribution in [0.2, 0.25) is 0 Å². The minimum atomic E-state index is -0.466. The lowest BCUT2D eigenvalue weighted by molar-refractivity contribution is -0.385. The summed E-state index contributed by atoms with van der Waals surface area (Å²) in [6, 6.07) is 2.97. The highest BCUT2D eigenvalue weighted by Gasteiger charge is 2.18. The van der Waals surface area contributed by atoms with E-state index in [4.69, 9.17) is 4.74 Å². The molecule has 0 aromatic carbocycles. The molecule has 6 nitrogen and oxygen atoms in total. The van der Waals surface area contributed by atoms with Crippen molar-refractivity contribution in [3.8, 4) is 5.88 Å². The van der Waals surface area contributed by atoms with E-state index in [-0.39, 0.29) is 11.8 Å². The van der Waals surface area contributed by atoms with Gasteiger partial charge in [0, 0.05) is 25.2 Å². The van der Waals surface area contributed by atoms with Crippen molar-refractivity contribution in [1.29, 1.82) is 0 Å². The molecule has 6 heteroatoms. The molecule has 2 rings (SSSR count). The largest absolute Gasteiger partial charge is 0.474 e. The average molecular weight is 237 g/mol. The second-order valence-electron chi connectivity index (χ2n) is 4.23. The number of rotatable bonds is 3. The topological polar surface area (TPSA) is 68.5 Å². The third kappa shape index (κ3) is 3.13. The standard InChI is InChI=1S/C11H15N3O3/c1-13-6-4-10(5-7-13)17-11-3-2-9(8-12-11)14(15)16/h2-3,8,10H,4-7H2,1H3.